The first-order chi connectivity index (χ1) is 14.7. The molecule has 1 aliphatic rings. The summed E-state index contributed by atoms with van der Waals surface area (Å²) in [6.45, 7) is 8.25. The van der Waals surface area contributed by atoms with Gasteiger partial charge < -0.3 is 24.1 Å². The summed E-state index contributed by atoms with van der Waals surface area (Å²) in [4.78, 5) is 0. The minimum Gasteiger partial charge on any atom is -0.394 e. The van der Waals surface area contributed by atoms with Gasteiger partial charge in [0, 0.05) is 24.3 Å². The second-order valence-corrected chi connectivity index (χ2v) is 8.81. The molecule has 1 N–H and O–H groups in total. The van der Waals surface area contributed by atoms with Crippen molar-refractivity contribution in [2.75, 3.05) is 26.4 Å². The van der Waals surface area contributed by atoms with E-state index < -0.39 is 6.10 Å². The van der Waals surface area contributed by atoms with Gasteiger partial charge >= 0.3 is 0 Å². The number of hydrogen-bond acceptors (Lipinski definition) is 5. The van der Waals surface area contributed by atoms with E-state index in [1.807, 2.05) is 24.3 Å². The molecule has 0 saturated carbocycles. The molecule has 172 valence electrons. The third-order valence-corrected chi connectivity index (χ3v) is 5.97. The minimum absolute atomic E-state index is 0.112. The fourth-order valence-electron chi connectivity index (χ4n) is 3.65. The Balaban J connectivity index is 2.31. The van der Waals surface area contributed by atoms with Gasteiger partial charge in [-0.3, -0.25) is 0 Å². The molecular formula is C24H39BrO5. The Labute approximate surface area is 190 Å². The predicted molar refractivity (Wildman–Crippen MR) is 123 cm³/mol. The summed E-state index contributed by atoms with van der Waals surface area (Å²) in [6.07, 6.45) is 4.41. The molecular weight excluding hydrogens is 448 g/mol. The lowest BCUT2D eigenvalue weighted by molar-refractivity contribution is -0.266. The summed E-state index contributed by atoms with van der Waals surface area (Å²) in [7, 11) is 0. The smallest absolute Gasteiger partial charge is 0.117 e. The van der Waals surface area contributed by atoms with Crippen molar-refractivity contribution in [1.29, 1.82) is 0 Å². The average molecular weight is 487 g/mol. The Hall–Kier alpha value is -0.500. The third-order valence-electron chi connectivity index (χ3n) is 5.44. The molecule has 5 atom stereocenters. The number of unbranched alkanes of at least 4 members (excludes halogenated alkanes) is 3. The van der Waals surface area contributed by atoms with Crippen molar-refractivity contribution < 1.29 is 24.1 Å². The van der Waals surface area contributed by atoms with Gasteiger partial charge in [0.05, 0.1) is 6.61 Å². The molecule has 2 rings (SSSR count). The van der Waals surface area contributed by atoms with E-state index in [-0.39, 0.29) is 31.0 Å². The van der Waals surface area contributed by atoms with E-state index in [1.165, 1.54) is 0 Å². The highest BCUT2D eigenvalue weighted by atomic mass is 79.9. The number of aliphatic hydroxyl groups excluding tert-OH is 1. The first kappa shape index (κ1) is 25.8. The normalized spacial score (nSPS) is 26.8. The Kier molecular flexibility index (Phi) is 12.5. The molecule has 1 fully saturated rings. The summed E-state index contributed by atoms with van der Waals surface area (Å²) in [5.74, 6) is 0. The van der Waals surface area contributed by atoms with Gasteiger partial charge in [-0.05, 0) is 37.0 Å². The molecule has 6 heteroatoms. The SMILES string of the molecule is CCCCO[C@@H]1[C@@H](OCCCC)[C@H](c2ccc(Br)cc2)O[C@H](CO)[C@H]1OCCCC. The van der Waals surface area contributed by atoms with Crippen molar-refractivity contribution >= 4 is 15.9 Å². The minimum atomic E-state index is -0.451. The number of ether oxygens (including phenoxy) is 4. The van der Waals surface area contributed by atoms with Gasteiger partial charge in [0.15, 0.2) is 0 Å². The first-order valence-corrected chi connectivity index (χ1v) is 12.3. The van der Waals surface area contributed by atoms with Crippen LogP contribution in [0.15, 0.2) is 28.7 Å². The number of halogens is 1. The molecule has 0 aromatic heterocycles. The Morgan fingerprint density at radius 1 is 0.800 bits per heavy atom. The quantitative estimate of drug-likeness (QED) is 0.355. The largest absolute Gasteiger partial charge is 0.394 e. The molecule has 0 aliphatic carbocycles. The van der Waals surface area contributed by atoms with Crippen molar-refractivity contribution in [2.24, 2.45) is 0 Å². The van der Waals surface area contributed by atoms with Crippen LogP contribution in [0.3, 0.4) is 0 Å². The lowest BCUT2D eigenvalue weighted by Crippen LogP contribution is -2.58. The standard InChI is InChI=1S/C24H39BrO5/c1-4-7-14-27-22-20(17-26)30-21(18-10-12-19(25)13-11-18)23(28-15-8-5-2)24(22)29-16-9-6-3/h10-13,20-24,26H,4-9,14-17H2,1-3H3/t20-,21+,22-,23+,24+/m1/s1. The van der Waals surface area contributed by atoms with E-state index in [2.05, 4.69) is 36.7 Å². The molecule has 30 heavy (non-hydrogen) atoms. The Morgan fingerprint density at radius 3 is 1.80 bits per heavy atom. The number of hydrogen-bond donors (Lipinski definition) is 1. The van der Waals surface area contributed by atoms with Gasteiger partial charge in [0.2, 0.25) is 0 Å². The summed E-state index contributed by atoms with van der Waals surface area (Å²) in [5.41, 5.74) is 1.02. The van der Waals surface area contributed by atoms with Crippen LogP contribution in [0.1, 0.15) is 71.0 Å². The number of rotatable bonds is 14. The molecule has 1 aromatic carbocycles. The van der Waals surface area contributed by atoms with E-state index in [0.29, 0.717) is 19.8 Å². The summed E-state index contributed by atoms with van der Waals surface area (Å²) in [6, 6.07) is 8.10. The number of benzene rings is 1. The van der Waals surface area contributed by atoms with Crippen LogP contribution in [0.5, 0.6) is 0 Å². The van der Waals surface area contributed by atoms with Crippen LogP contribution in [0.2, 0.25) is 0 Å². The van der Waals surface area contributed by atoms with Crippen LogP contribution in [-0.2, 0) is 18.9 Å². The Morgan fingerprint density at radius 2 is 1.30 bits per heavy atom. The van der Waals surface area contributed by atoms with Crippen LogP contribution in [0, 0.1) is 0 Å². The summed E-state index contributed by atoms with van der Waals surface area (Å²) >= 11 is 3.50. The molecule has 1 aromatic rings. The van der Waals surface area contributed by atoms with E-state index in [9.17, 15) is 5.11 Å². The van der Waals surface area contributed by atoms with E-state index in [1.54, 1.807) is 0 Å². The molecule has 0 radical (unpaired) electrons. The lowest BCUT2D eigenvalue weighted by Gasteiger charge is -2.46. The van der Waals surface area contributed by atoms with Crippen molar-refractivity contribution in [1.82, 2.24) is 0 Å². The molecule has 0 unspecified atom stereocenters. The fourth-order valence-corrected chi connectivity index (χ4v) is 3.91. The van der Waals surface area contributed by atoms with Crippen LogP contribution >= 0.6 is 15.9 Å². The Bertz CT molecular complexity index is 567. The molecule has 1 saturated heterocycles. The van der Waals surface area contributed by atoms with Gasteiger partial charge in [-0.25, -0.2) is 0 Å². The maximum Gasteiger partial charge on any atom is 0.117 e. The molecule has 0 bridgehead atoms. The van der Waals surface area contributed by atoms with E-state index in [0.717, 1.165) is 48.6 Å². The second kappa shape index (κ2) is 14.5. The molecule has 0 amide bonds. The van der Waals surface area contributed by atoms with Crippen molar-refractivity contribution in [3.63, 3.8) is 0 Å². The van der Waals surface area contributed by atoms with Gasteiger partial charge in [-0.15, -0.1) is 0 Å². The molecule has 1 heterocycles. The highest BCUT2D eigenvalue weighted by molar-refractivity contribution is 9.10. The zero-order chi connectivity index (χ0) is 21.8. The number of aliphatic hydroxyl groups is 1. The first-order valence-electron chi connectivity index (χ1n) is 11.5. The van der Waals surface area contributed by atoms with Crippen LogP contribution in [-0.4, -0.2) is 55.9 Å². The van der Waals surface area contributed by atoms with Gasteiger partial charge in [0.1, 0.15) is 30.5 Å². The van der Waals surface area contributed by atoms with Crippen molar-refractivity contribution in [3.05, 3.63) is 34.3 Å². The molecule has 1 aliphatic heterocycles. The van der Waals surface area contributed by atoms with E-state index in [4.69, 9.17) is 18.9 Å². The molecule has 5 nitrogen and oxygen atoms in total. The molecule has 0 spiro atoms. The van der Waals surface area contributed by atoms with Crippen molar-refractivity contribution in [3.8, 4) is 0 Å². The topological polar surface area (TPSA) is 57.2 Å². The highest BCUT2D eigenvalue weighted by Crippen LogP contribution is 2.37. The van der Waals surface area contributed by atoms with Crippen LogP contribution in [0.4, 0.5) is 0 Å². The van der Waals surface area contributed by atoms with Gasteiger partial charge in [-0.1, -0.05) is 68.1 Å². The van der Waals surface area contributed by atoms with E-state index >= 15 is 0 Å². The zero-order valence-electron chi connectivity index (χ0n) is 18.7. The summed E-state index contributed by atoms with van der Waals surface area (Å²) < 4.78 is 26.4. The maximum absolute atomic E-state index is 10.1. The third kappa shape index (κ3) is 7.57. The zero-order valence-corrected chi connectivity index (χ0v) is 20.3. The van der Waals surface area contributed by atoms with Gasteiger partial charge in [0.25, 0.3) is 0 Å². The second-order valence-electron chi connectivity index (χ2n) is 7.90. The van der Waals surface area contributed by atoms with Gasteiger partial charge in [-0.2, -0.15) is 0 Å². The average Bonchev–Trinajstić information content (AvgIpc) is 2.76. The predicted octanol–water partition coefficient (Wildman–Crippen LogP) is 5.44. The van der Waals surface area contributed by atoms with Crippen LogP contribution in [0.25, 0.3) is 0 Å². The monoisotopic (exact) mass is 486 g/mol. The maximum atomic E-state index is 10.1. The lowest BCUT2D eigenvalue weighted by atomic mass is 9.90. The van der Waals surface area contributed by atoms with Crippen LogP contribution < -0.4 is 0 Å². The fraction of sp³-hybridized carbons (Fsp3) is 0.750. The summed E-state index contributed by atoms with van der Waals surface area (Å²) in [5, 5.41) is 10.1. The highest BCUT2D eigenvalue weighted by Gasteiger charge is 2.48. The van der Waals surface area contributed by atoms with Crippen molar-refractivity contribution in [2.45, 2.75) is 89.8 Å².